The van der Waals surface area contributed by atoms with Crippen LogP contribution in [0.3, 0.4) is 0 Å². The van der Waals surface area contributed by atoms with Crippen LogP contribution in [-0.4, -0.2) is 23.6 Å². The number of nitrogens with zero attached hydrogens (tertiary/aromatic N) is 1. The molecule has 84 valence electrons. The molecule has 0 aliphatic heterocycles. The zero-order valence-electron chi connectivity index (χ0n) is 9.23. The molecular weight excluding hydrogens is 202 g/mol. The van der Waals surface area contributed by atoms with Crippen LogP contribution < -0.4 is 10.1 Å². The van der Waals surface area contributed by atoms with E-state index in [1.54, 1.807) is 13.4 Å². The zero-order valence-corrected chi connectivity index (χ0v) is 9.23. The first-order valence-electron chi connectivity index (χ1n) is 5.23. The van der Waals surface area contributed by atoms with E-state index in [0.29, 0.717) is 0 Å². The van der Waals surface area contributed by atoms with E-state index in [2.05, 4.69) is 15.3 Å². The number of hydrogen-bond acceptors (Lipinski definition) is 3. The molecule has 0 atom stereocenters. The van der Waals surface area contributed by atoms with Gasteiger partial charge >= 0.3 is 0 Å². The molecule has 16 heavy (non-hydrogen) atoms. The third-order valence-corrected chi connectivity index (χ3v) is 2.37. The van der Waals surface area contributed by atoms with Crippen LogP contribution in [0.15, 0.2) is 36.8 Å². The maximum absolute atomic E-state index is 5.09. The monoisotopic (exact) mass is 217 g/mol. The highest BCUT2D eigenvalue weighted by Gasteiger charge is 1.95. The summed E-state index contributed by atoms with van der Waals surface area (Å²) in [4.78, 5) is 7.04. The van der Waals surface area contributed by atoms with Gasteiger partial charge in [-0.2, -0.15) is 0 Å². The van der Waals surface area contributed by atoms with Crippen LogP contribution >= 0.6 is 0 Å². The molecule has 1 aromatic carbocycles. The van der Waals surface area contributed by atoms with Gasteiger partial charge < -0.3 is 15.0 Å². The van der Waals surface area contributed by atoms with Crippen molar-refractivity contribution in [3.05, 3.63) is 42.5 Å². The first-order valence-corrected chi connectivity index (χ1v) is 5.23. The number of aromatic nitrogens is 2. The van der Waals surface area contributed by atoms with Gasteiger partial charge in [0.05, 0.1) is 13.4 Å². The lowest BCUT2D eigenvalue weighted by molar-refractivity contribution is 0.415. The minimum atomic E-state index is 0.874. The molecule has 0 saturated carbocycles. The molecule has 2 N–H and O–H groups in total. The van der Waals surface area contributed by atoms with Gasteiger partial charge in [-0.1, -0.05) is 0 Å². The van der Waals surface area contributed by atoms with E-state index in [-0.39, 0.29) is 0 Å². The Kier molecular flexibility index (Phi) is 3.43. The molecule has 0 radical (unpaired) electrons. The second-order valence-corrected chi connectivity index (χ2v) is 3.48. The van der Waals surface area contributed by atoms with Crippen LogP contribution in [0.2, 0.25) is 0 Å². The first kappa shape index (κ1) is 10.5. The predicted molar refractivity (Wildman–Crippen MR) is 63.8 cm³/mol. The van der Waals surface area contributed by atoms with Crippen LogP contribution in [0, 0.1) is 0 Å². The Hall–Kier alpha value is -1.97. The number of nitrogens with one attached hydrogen (secondary N) is 2. The van der Waals surface area contributed by atoms with E-state index in [1.807, 2.05) is 30.5 Å². The molecule has 0 spiro atoms. The van der Waals surface area contributed by atoms with Crippen LogP contribution in [0.4, 0.5) is 5.69 Å². The van der Waals surface area contributed by atoms with Crippen LogP contribution in [0.1, 0.15) is 5.69 Å². The summed E-state index contributed by atoms with van der Waals surface area (Å²) in [5, 5.41) is 3.33. The molecule has 1 heterocycles. The molecule has 0 amide bonds. The molecule has 2 rings (SSSR count). The lowest BCUT2D eigenvalue weighted by Crippen LogP contribution is -2.04. The molecule has 1 aromatic heterocycles. The van der Waals surface area contributed by atoms with Crippen molar-refractivity contribution in [3.63, 3.8) is 0 Å². The van der Waals surface area contributed by atoms with E-state index in [0.717, 1.165) is 30.1 Å². The van der Waals surface area contributed by atoms with Crippen molar-refractivity contribution in [2.75, 3.05) is 19.0 Å². The summed E-state index contributed by atoms with van der Waals surface area (Å²) >= 11 is 0. The number of ether oxygens (including phenoxy) is 1. The van der Waals surface area contributed by atoms with Gasteiger partial charge in [0.1, 0.15) is 5.75 Å². The first-order chi connectivity index (χ1) is 7.88. The van der Waals surface area contributed by atoms with E-state index in [4.69, 9.17) is 4.74 Å². The van der Waals surface area contributed by atoms with Crippen molar-refractivity contribution >= 4 is 5.69 Å². The van der Waals surface area contributed by atoms with Gasteiger partial charge in [0, 0.05) is 30.5 Å². The van der Waals surface area contributed by atoms with Crippen molar-refractivity contribution in [2.45, 2.75) is 6.42 Å². The van der Waals surface area contributed by atoms with Crippen molar-refractivity contribution in [1.29, 1.82) is 0 Å². The molecule has 4 heteroatoms. The quantitative estimate of drug-likeness (QED) is 0.806. The Labute approximate surface area is 94.7 Å². The number of anilines is 1. The normalized spacial score (nSPS) is 10.1. The SMILES string of the molecule is COc1ccc(NCCc2cnc[nH]2)cc1. The Balaban J connectivity index is 1.81. The number of aromatic amines is 1. The van der Waals surface area contributed by atoms with E-state index >= 15 is 0 Å². The number of methoxy groups -OCH3 is 1. The highest BCUT2D eigenvalue weighted by atomic mass is 16.5. The third-order valence-electron chi connectivity index (χ3n) is 2.37. The van der Waals surface area contributed by atoms with Gasteiger partial charge in [0.2, 0.25) is 0 Å². The number of imidazole rings is 1. The summed E-state index contributed by atoms with van der Waals surface area (Å²) in [5.41, 5.74) is 2.24. The summed E-state index contributed by atoms with van der Waals surface area (Å²) < 4.78 is 5.09. The van der Waals surface area contributed by atoms with Crippen molar-refractivity contribution < 1.29 is 4.74 Å². The van der Waals surface area contributed by atoms with Gasteiger partial charge in [-0.15, -0.1) is 0 Å². The molecule has 0 bridgehead atoms. The fraction of sp³-hybridized carbons (Fsp3) is 0.250. The maximum atomic E-state index is 5.09. The molecule has 0 aliphatic rings. The minimum absolute atomic E-state index is 0.874. The van der Waals surface area contributed by atoms with Gasteiger partial charge in [0.15, 0.2) is 0 Å². The molecule has 2 aromatic rings. The predicted octanol–water partition coefficient (Wildman–Crippen LogP) is 2.07. The van der Waals surface area contributed by atoms with Crippen molar-refractivity contribution in [2.24, 2.45) is 0 Å². The summed E-state index contributed by atoms with van der Waals surface area (Å²) in [6, 6.07) is 7.90. The number of rotatable bonds is 5. The molecule has 0 aliphatic carbocycles. The lowest BCUT2D eigenvalue weighted by atomic mass is 10.3. The van der Waals surface area contributed by atoms with Gasteiger partial charge in [0.25, 0.3) is 0 Å². The number of benzene rings is 1. The largest absolute Gasteiger partial charge is 0.497 e. The standard InChI is InChI=1S/C12H15N3O/c1-16-12-4-2-10(3-5-12)14-7-6-11-8-13-9-15-11/h2-5,8-9,14H,6-7H2,1H3,(H,13,15). The smallest absolute Gasteiger partial charge is 0.119 e. The average Bonchev–Trinajstić information content (AvgIpc) is 2.83. The third kappa shape index (κ3) is 2.76. The van der Waals surface area contributed by atoms with Crippen LogP contribution in [-0.2, 0) is 6.42 Å². The van der Waals surface area contributed by atoms with Gasteiger partial charge in [-0.3, -0.25) is 0 Å². The van der Waals surface area contributed by atoms with Gasteiger partial charge in [-0.05, 0) is 24.3 Å². The van der Waals surface area contributed by atoms with Crippen molar-refractivity contribution in [1.82, 2.24) is 9.97 Å². The van der Waals surface area contributed by atoms with E-state index in [9.17, 15) is 0 Å². The summed E-state index contributed by atoms with van der Waals surface area (Å²) in [6.45, 7) is 0.883. The van der Waals surface area contributed by atoms with E-state index < -0.39 is 0 Å². The van der Waals surface area contributed by atoms with Crippen LogP contribution in [0.5, 0.6) is 5.75 Å². The second kappa shape index (κ2) is 5.21. The highest BCUT2D eigenvalue weighted by molar-refractivity contribution is 5.46. The van der Waals surface area contributed by atoms with Gasteiger partial charge in [-0.25, -0.2) is 4.98 Å². The average molecular weight is 217 g/mol. The van der Waals surface area contributed by atoms with Crippen molar-refractivity contribution in [3.8, 4) is 5.75 Å². The Bertz CT molecular complexity index is 408. The number of hydrogen-bond donors (Lipinski definition) is 2. The summed E-state index contributed by atoms with van der Waals surface area (Å²) in [6.07, 6.45) is 4.48. The minimum Gasteiger partial charge on any atom is -0.497 e. The molecule has 0 unspecified atom stereocenters. The lowest BCUT2D eigenvalue weighted by Gasteiger charge is -2.06. The second-order valence-electron chi connectivity index (χ2n) is 3.48. The Morgan fingerprint density at radius 1 is 1.31 bits per heavy atom. The fourth-order valence-electron chi connectivity index (χ4n) is 1.47. The maximum Gasteiger partial charge on any atom is 0.119 e. The molecule has 0 saturated heterocycles. The summed E-state index contributed by atoms with van der Waals surface area (Å²) in [7, 11) is 1.67. The molecule has 0 fully saturated rings. The molecular formula is C12H15N3O. The molecule has 4 nitrogen and oxygen atoms in total. The zero-order chi connectivity index (χ0) is 11.2. The Morgan fingerprint density at radius 2 is 2.12 bits per heavy atom. The summed E-state index contributed by atoms with van der Waals surface area (Å²) in [5.74, 6) is 0.874. The topological polar surface area (TPSA) is 49.9 Å². The Morgan fingerprint density at radius 3 is 2.75 bits per heavy atom. The van der Waals surface area contributed by atoms with Crippen LogP contribution in [0.25, 0.3) is 0 Å². The fourth-order valence-corrected chi connectivity index (χ4v) is 1.47. The number of H-pyrrole nitrogens is 1. The van der Waals surface area contributed by atoms with E-state index in [1.165, 1.54) is 0 Å². The highest BCUT2D eigenvalue weighted by Crippen LogP contribution is 2.14.